The van der Waals surface area contributed by atoms with Gasteiger partial charge in [-0.3, -0.25) is 0 Å². The van der Waals surface area contributed by atoms with Gasteiger partial charge >= 0.3 is 0 Å². The molecule has 0 aliphatic carbocycles. The minimum Gasteiger partial charge on any atom is -0.207 e. The van der Waals surface area contributed by atoms with Crippen LogP contribution in [0.2, 0.25) is 0 Å². The Balaban J connectivity index is 2.18. The fourth-order valence-corrected chi connectivity index (χ4v) is 3.18. The third-order valence-corrected chi connectivity index (χ3v) is 4.12. The summed E-state index contributed by atoms with van der Waals surface area (Å²) in [4.78, 5) is 1.06. The first-order valence-corrected chi connectivity index (χ1v) is 6.74. The molecule has 0 radical (unpaired) electrons. The second kappa shape index (κ2) is 4.83. The van der Waals surface area contributed by atoms with Crippen LogP contribution in [0.15, 0.2) is 48.5 Å². The highest BCUT2D eigenvalue weighted by atomic mass is 32.1. The maximum absolute atomic E-state index is 13.0. The molecular formula is C16H10FNS. The number of hydrogen-bond acceptors (Lipinski definition) is 2. The molecule has 92 valence electrons. The molecule has 19 heavy (non-hydrogen) atoms. The number of fused-ring (bicyclic) bond motifs is 1. The van der Waals surface area contributed by atoms with Gasteiger partial charge in [0.25, 0.3) is 0 Å². The van der Waals surface area contributed by atoms with Gasteiger partial charge in [-0.25, -0.2) is 4.39 Å². The largest absolute Gasteiger partial charge is 0.207 e. The summed E-state index contributed by atoms with van der Waals surface area (Å²) in [6.45, 7) is 0. The molecule has 0 fully saturated rings. The maximum Gasteiger partial charge on any atom is 0.123 e. The van der Waals surface area contributed by atoms with Crippen molar-refractivity contribution in [1.29, 1.82) is 5.26 Å². The van der Waals surface area contributed by atoms with Crippen molar-refractivity contribution in [3.05, 3.63) is 59.2 Å². The molecule has 0 bridgehead atoms. The molecule has 0 spiro atoms. The Morgan fingerprint density at radius 2 is 1.89 bits per heavy atom. The predicted molar refractivity (Wildman–Crippen MR) is 76.5 cm³/mol. The van der Waals surface area contributed by atoms with Crippen molar-refractivity contribution < 1.29 is 4.39 Å². The van der Waals surface area contributed by atoms with E-state index in [1.807, 2.05) is 18.2 Å². The minimum absolute atomic E-state index is 0.230. The zero-order valence-electron chi connectivity index (χ0n) is 10.1. The van der Waals surface area contributed by atoms with Crippen LogP contribution in [-0.4, -0.2) is 0 Å². The second-order valence-electron chi connectivity index (χ2n) is 4.27. The molecule has 0 N–H and O–H groups in total. The zero-order chi connectivity index (χ0) is 13.2. The molecule has 1 aromatic heterocycles. The summed E-state index contributed by atoms with van der Waals surface area (Å²) in [5.41, 5.74) is 2.08. The number of nitrogens with zero attached hydrogens (tertiary/aromatic N) is 1. The van der Waals surface area contributed by atoms with Crippen LogP contribution in [0.5, 0.6) is 0 Å². The Labute approximate surface area is 114 Å². The van der Waals surface area contributed by atoms with E-state index >= 15 is 0 Å². The van der Waals surface area contributed by atoms with E-state index in [-0.39, 0.29) is 5.82 Å². The van der Waals surface area contributed by atoms with Gasteiger partial charge in [-0.15, -0.1) is 11.3 Å². The molecule has 0 atom stereocenters. The molecule has 1 nitrogen and oxygen atoms in total. The van der Waals surface area contributed by atoms with Crippen molar-refractivity contribution in [3.63, 3.8) is 0 Å². The Morgan fingerprint density at radius 3 is 2.63 bits per heavy atom. The van der Waals surface area contributed by atoms with E-state index in [1.165, 1.54) is 12.1 Å². The van der Waals surface area contributed by atoms with Crippen LogP contribution >= 0.6 is 11.3 Å². The van der Waals surface area contributed by atoms with Gasteiger partial charge in [0.2, 0.25) is 0 Å². The molecule has 0 unspecified atom stereocenters. The van der Waals surface area contributed by atoms with Gasteiger partial charge in [0.05, 0.1) is 12.5 Å². The quantitative estimate of drug-likeness (QED) is 0.656. The minimum atomic E-state index is -0.230. The maximum atomic E-state index is 13.0. The van der Waals surface area contributed by atoms with Gasteiger partial charge in [-0.05, 0) is 35.4 Å². The first-order chi connectivity index (χ1) is 9.28. The lowest BCUT2D eigenvalue weighted by Crippen LogP contribution is -1.79. The van der Waals surface area contributed by atoms with Crippen LogP contribution in [0, 0.1) is 17.1 Å². The van der Waals surface area contributed by atoms with Crippen LogP contribution in [0.3, 0.4) is 0 Å². The Morgan fingerprint density at radius 1 is 1.11 bits per heavy atom. The standard InChI is InChI=1S/C16H10FNS/c17-12-6-4-11(5-7-12)14-2-1-3-16-15(14)10-13(19-16)8-9-18/h1-7,10H,8H2. The van der Waals surface area contributed by atoms with E-state index in [2.05, 4.69) is 12.1 Å². The molecule has 0 aliphatic heterocycles. The summed E-state index contributed by atoms with van der Waals surface area (Å²) < 4.78 is 14.1. The van der Waals surface area contributed by atoms with Crippen LogP contribution < -0.4 is 0 Å². The van der Waals surface area contributed by atoms with Crippen LogP contribution in [0.1, 0.15) is 4.88 Å². The predicted octanol–water partition coefficient (Wildman–Crippen LogP) is 4.77. The average molecular weight is 267 g/mol. The highest BCUT2D eigenvalue weighted by Gasteiger charge is 2.07. The van der Waals surface area contributed by atoms with Gasteiger partial charge < -0.3 is 0 Å². The molecule has 0 amide bonds. The Kier molecular flexibility index (Phi) is 3.02. The highest BCUT2D eigenvalue weighted by Crippen LogP contribution is 2.34. The third-order valence-electron chi connectivity index (χ3n) is 3.02. The summed E-state index contributed by atoms with van der Waals surface area (Å²) >= 11 is 1.64. The zero-order valence-corrected chi connectivity index (χ0v) is 10.9. The van der Waals surface area contributed by atoms with Gasteiger partial charge in [0.1, 0.15) is 5.82 Å². The van der Waals surface area contributed by atoms with Gasteiger partial charge in [0, 0.05) is 15.0 Å². The fraction of sp³-hybridized carbons (Fsp3) is 0.0625. The molecule has 1 heterocycles. The van der Waals surface area contributed by atoms with Crippen LogP contribution in [0.25, 0.3) is 21.2 Å². The molecule has 0 aliphatic rings. The second-order valence-corrected chi connectivity index (χ2v) is 5.44. The Bertz CT molecular complexity index is 766. The summed E-state index contributed by atoms with van der Waals surface area (Å²) in [6, 6.07) is 16.8. The van der Waals surface area contributed by atoms with E-state index in [9.17, 15) is 4.39 Å². The number of benzene rings is 2. The van der Waals surface area contributed by atoms with E-state index < -0.39 is 0 Å². The summed E-state index contributed by atoms with van der Waals surface area (Å²) in [6.07, 6.45) is 0.433. The summed E-state index contributed by atoms with van der Waals surface area (Å²) in [7, 11) is 0. The lowest BCUT2D eigenvalue weighted by molar-refractivity contribution is 0.628. The van der Waals surface area contributed by atoms with Gasteiger partial charge in [-0.2, -0.15) is 5.26 Å². The topological polar surface area (TPSA) is 23.8 Å². The third kappa shape index (κ3) is 2.23. The normalized spacial score (nSPS) is 10.5. The number of rotatable bonds is 2. The molecule has 0 saturated carbocycles. The SMILES string of the molecule is N#CCc1cc2c(-c3ccc(F)cc3)cccc2s1. The number of thiophene rings is 1. The number of nitriles is 1. The van der Waals surface area contributed by atoms with Crippen molar-refractivity contribution in [1.82, 2.24) is 0 Å². The average Bonchev–Trinajstić information content (AvgIpc) is 2.82. The van der Waals surface area contributed by atoms with Crippen molar-refractivity contribution in [3.8, 4) is 17.2 Å². The van der Waals surface area contributed by atoms with Gasteiger partial charge in [0.15, 0.2) is 0 Å². The smallest absolute Gasteiger partial charge is 0.123 e. The summed E-state index contributed by atoms with van der Waals surface area (Å²) in [5, 5.41) is 9.91. The van der Waals surface area contributed by atoms with Crippen molar-refractivity contribution in [2.75, 3.05) is 0 Å². The van der Waals surface area contributed by atoms with Gasteiger partial charge in [-0.1, -0.05) is 24.3 Å². The Hall–Kier alpha value is -2.18. The molecular weight excluding hydrogens is 257 g/mol. The van der Waals surface area contributed by atoms with Crippen molar-refractivity contribution in [2.24, 2.45) is 0 Å². The van der Waals surface area contributed by atoms with Crippen LogP contribution in [-0.2, 0) is 6.42 Å². The fourth-order valence-electron chi connectivity index (χ4n) is 2.16. The van der Waals surface area contributed by atoms with E-state index in [0.29, 0.717) is 6.42 Å². The molecule has 3 aromatic rings. The van der Waals surface area contributed by atoms with E-state index in [4.69, 9.17) is 5.26 Å². The highest BCUT2D eigenvalue weighted by molar-refractivity contribution is 7.19. The first-order valence-electron chi connectivity index (χ1n) is 5.92. The lowest BCUT2D eigenvalue weighted by Gasteiger charge is -2.03. The molecule has 2 aromatic carbocycles. The van der Waals surface area contributed by atoms with Crippen molar-refractivity contribution >= 4 is 21.4 Å². The number of halogens is 1. The monoisotopic (exact) mass is 267 g/mol. The summed E-state index contributed by atoms with van der Waals surface area (Å²) in [5.74, 6) is -0.230. The molecule has 3 heteroatoms. The lowest BCUT2D eigenvalue weighted by atomic mass is 10.0. The van der Waals surface area contributed by atoms with Crippen molar-refractivity contribution in [2.45, 2.75) is 6.42 Å². The van der Waals surface area contributed by atoms with E-state index in [0.717, 1.165) is 26.1 Å². The van der Waals surface area contributed by atoms with Crippen LogP contribution in [0.4, 0.5) is 4.39 Å². The number of hydrogen-bond donors (Lipinski definition) is 0. The molecule has 0 saturated heterocycles. The van der Waals surface area contributed by atoms with E-state index in [1.54, 1.807) is 23.5 Å². The first kappa shape index (κ1) is 11.9. The molecule has 3 rings (SSSR count).